The third kappa shape index (κ3) is 4.73. The van der Waals surface area contributed by atoms with Crippen molar-refractivity contribution in [2.75, 3.05) is 33.3 Å². The highest BCUT2D eigenvalue weighted by molar-refractivity contribution is 5.94. The number of esters is 1. The maximum absolute atomic E-state index is 11.7. The second-order valence-corrected chi connectivity index (χ2v) is 4.31. The average Bonchev–Trinajstić information content (AvgIpc) is 2.44. The fourth-order valence-corrected chi connectivity index (χ4v) is 1.86. The fourth-order valence-electron chi connectivity index (χ4n) is 1.86. The van der Waals surface area contributed by atoms with Gasteiger partial charge in [0.2, 0.25) is 11.8 Å². The zero-order valence-corrected chi connectivity index (χ0v) is 11.4. The molecule has 0 bridgehead atoms. The van der Waals surface area contributed by atoms with E-state index in [1.165, 1.54) is 13.2 Å². The van der Waals surface area contributed by atoms with Gasteiger partial charge in [0, 0.05) is 44.8 Å². The SMILES string of the molecule is CCCC(=O)N1CCN(C(=O)C=CC(=O)OC)CC1. The molecule has 1 fully saturated rings. The van der Waals surface area contributed by atoms with Gasteiger partial charge in [-0.05, 0) is 6.42 Å². The van der Waals surface area contributed by atoms with Crippen LogP contribution in [0.3, 0.4) is 0 Å². The second-order valence-electron chi connectivity index (χ2n) is 4.31. The van der Waals surface area contributed by atoms with Gasteiger partial charge in [0.1, 0.15) is 0 Å². The van der Waals surface area contributed by atoms with E-state index in [1.54, 1.807) is 9.80 Å². The van der Waals surface area contributed by atoms with Gasteiger partial charge in [0.05, 0.1) is 7.11 Å². The van der Waals surface area contributed by atoms with E-state index in [0.29, 0.717) is 32.6 Å². The summed E-state index contributed by atoms with van der Waals surface area (Å²) in [6.45, 7) is 4.07. The average molecular weight is 268 g/mol. The van der Waals surface area contributed by atoms with Crippen molar-refractivity contribution in [2.24, 2.45) is 0 Å². The first-order valence-electron chi connectivity index (χ1n) is 6.41. The predicted molar refractivity (Wildman–Crippen MR) is 69.2 cm³/mol. The summed E-state index contributed by atoms with van der Waals surface area (Å²) in [5.74, 6) is -0.641. The lowest BCUT2D eigenvalue weighted by molar-refractivity contribution is -0.137. The molecule has 0 unspecified atom stereocenters. The third-order valence-electron chi connectivity index (χ3n) is 2.97. The third-order valence-corrected chi connectivity index (χ3v) is 2.97. The molecule has 1 heterocycles. The first kappa shape index (κ1) is 15.2. The first-order valence-corrected chi connectivity index (χ1v) is 6.41. The normalized spacial score (nSPS) is 15.7. The van der Waals surface area contributed by atoms with Crippen molar-refractivity contribution in [3.05, 3.63) is 12.2 Å². The van der Waals surface area contributed by atoms with Crippen LogP contribution in [0, 0.1) is 0 Å². The van der Waals surface area contributed by atoms with E-state index < -0.39 is 5.97 Å². The number of carbonyl (C=O) groups is 3. The van der Waals surface area contributed by atoms with Gasteiger partial charge in [-0.15, -0.1) is 0 Å². The fraction of sp³-hybridized carbons (Fsp3) is 0.615. The van der Waals surface area contributed by atoms with Crippen LogP contribution in [0.2, 0.25) is 0 Å². The lowest BCUT2D eigenvalue weighted by Gasteiger charge is -2.34. The summed E-state index contributed by atoms with van der Waals surface area (Å²) >= 11 is 0. The lowest BCUT2D eigenvalue weighted by atomic mass is 10.2. The Morgan fingerprint density at radius 2 is 1.63 bits per heavy atom. The standard InChI is InChI=1S/C13H20N2O4/c1-3-4-11(16)14-7-9-15(10-8-14)12(17)5-6-13(18)19-2/h5-6H,3-4,7-10H2,1-2H3. The highest BCUT2D eigenvalue weighted by Gasteiger charge is 2.22. The minimum Gasteiger partial charge on any atom is -0.466 e. The zero-order chi connectivity index (χ0) is 14.3. The van der Waals surface area contributed by atoms with E-state index in [0.717, 1.165) is 12.5 Å². The van der Waals surface area contributed by atoms with Gasteiger partial charge in [-0.3, -0.25) is 9.59 Å². The van der Waals surface area contributed by atoms with Crippen LogP contribution in [0.15, 0.2) is 12.2 Å². The maximum atomic E-state index is 11.7. The van der Waals surface area contributed by atoms with E-state index in [1.807, 2.05) is 6.92 Å². The summed E-state index contributed by atoms with van der Waals surface area (Å²) in [5.41, 5.74) is 0. The molecule has 1 saturated heterocycles. The van der Waals surface area contributed by atoms with Gasteiger partial charge in [-0.25, -0.2) is 4.79 Å². The van der Waals surface area contributed by atoms with Crippen molar-refractivity contribution < 1.29 is 19.1 Å². The molecule has 0 aromatic rings. The Labute approximate surface area is 113 Å². The number of amides is 2. The second kappa shape index (κ2) is 7.56. The van der Waals surface area contributed by atoms with Gasteiger partial charge in [-0.1, -0.05) is 6.92 Å². The number of piperazine rings is 1. The quantitative estimate of drug-likeness (QED) is 0.539. The Hall–Kier alpha value is -1.85. The Bertz CT molecular complexity index is 371. The highest BCUT2D eigenvalue weighted by Crippen LogP contribution is 2.05. The first-order chi connectivity index (χ1) is 9.08. The summed E-state index contributed by atoms with van der Waals surface area (Å²) < 4.78 is 4.41. The van der Waals surface area contributed by atoms with Crippen molar-refractivity contribution in [3.8, 4) is 0 Å². The van der Waals surface area contributed by atoms with E-state index in [2.05, 4.69) is 4.74 Å². The molecule has 19 heavy (non-hydrogen) atoms. The van der Waals surface area contributed by atoms with Crippen molar-refractivity contribution in [1.29, 1.82) is 0 Å². The van der Waals surface area contributed by atoms with Gasteiger partial charge < -0.3 is 14.5 Å². The van der Waals surface area contributed by atoms with Crippen molar-refractivity contribution in [1.82, 2.24) is 9.80 Å². The smallest absolute Gasteiger partial charge is 0.330 e. The molecule has 0 aromatic heterocycles. The topological polar surface area (TPSA) is 66.9 Å². The summed E-state index contributed by atoms with van der Waals surface area (Å²) in [7, 11) is 1.26. The molecule has 0 atom stereocenters. The molecule has 6 nitrogen and oxygen atoms in total. The molecular formula is C13H20N2O4. The Morgan fingerprint density at radius 3 is 2.16 bits per heavy atom. The predicted octanol–water partition coefficient (Wildman–Crippen LogP) is 0.187. The summed E-state index contributed by atoms with van der Waals surface area (Å²) in [4.78, 5) is 37.7. The van der Waals surface area contributed by atoms with Crippen molar-refractivity contribution >= 4 is 17.8 Å². The number of hydrogen-bond donors (Lipinski definition) is 0. The van der Waals surface area contributed by atoms with Crippen LogP contribution >= 0.6 is 0 Å². The van der Waals surface area contributed by atoms with Gasteiger partial charge in [-0.2, -0.15) is 0 Å². The van der Waals surface area contributed by atoms with E-state index in [-0.39, 0.29) is 11.8 Å². The van der Waals surface area contributed by atoms with Gasteiger partial charge in [0.25, 0.3) is 0 Å². The van der Waals surface area contributed by atoms with Gasteiger partial charge >= 0.3 is 5.97 Å². The maximum Gasteiger partial charge on any atom is 0.330 e. The largest absolute Gasteiger partial charge is 0.466 e. The van der Waals surface area contributed by atoms with Gasteiger partial charge in [0.15, 0.2) is 0 Å². The van der Waals surface area contributed by atoms with Crippen LogP contribution in [-0.2, 0) is 19.1 Å². The van der Waals surface area contributed by atoms with Crippen LogP contribution in [0.4, 0.5) is 0 Å². The molecule has 6 heteroatoms. The van der Waals surface area contributed by atoms with Crippen molar-refractivity contribution in [3.63, 3.8) is 0 Å². The molecule has 0 aromatic carbocycles. The molecule has 0 radical (unpaired) electrons. The van der Waals surface area contributed by atoms with Crippen molar-refractivity contribution in [2.45, 2.75) is 19.8 Å². The van der Waals surface area contributed by atoms with Crippen LogP contribution in [0.1, 0.15) is 19.8 Å². The Morgan fingerprint density at radius 1 is 1.05 bits per heavy atom. The summed E-state index contributed by atoms with van der Waals surface area (Å²) in [6.07, 6.45) is 3.70. The monoisotopic (exact) mass is 268 g/mol. The lowest BCUT2D eigenvalue weighted by Crippen LogP contribution is -2.50. The molecule has 1 rings (SSSR count). The van der Waals surface area contributed by atoms with Crippen LogP contribution in [0.25, 0.3) is 0 Å². The van der Waals surface area contributed by atoms with Crippen LogP contribution in [0.5, 0.6) is 0 Å². The minimum absolute atomic E-state index is 0.139. The molecule has 1 aliphatic heterocycles. The summed E-state index contributed by atoms with van der Waals surface area (Å²) in [6, 6.07) is 0. The minimum atomic E-state index is -0.551. The van der Waals surface area contributed by atoms with E-state index in [4.69, 9.17) is 0 Å². The zero-order valence-electron chi connectivity index (χ0n) is 11.4. The van der Waals surface area contributed by atoms with Crippen LogP contribution in [-0.4, -0.2) is 60.9 Å². The number of rotatable bonds is 4. The summed E-state index contributed by atoms with van der Waals surface area (Å²) in [5, 5.41) is 0. The number of methoxy groups -OCH3 is 1. The molecule has 106 valence electrons. The van der Waals surface area contributed by atoms with E-state index in [9.17, 15) is 14.4 Å². The Balaban J connectivity index is 2.41. The molecule has 0 saturated carbocycles. The molecule has 2 amide bonds. The number of hydrogen-bond acceptors (Lipinski definition) is 4. The number of nitrogens with zero attached hydrogens (tertiary/aromatic N) is 2. The van der Waals surface area contributed by atoms with E-state index >= 15 is 0 Å². The molecular weight excluding hydrogens is 248 g/mol. The molecule has 0 spiro atoms. The molecule has 0 N–H and O–H groups in total. The highest BCUT2D eigenvalue weighted by atomic mass is 16.5. The van der Waals surface area contributed by atoms with Crippen LogP contribution < -0.4 is 0 Å². The number of carbonyl (C=O) groups excluding carboxylic acids is 3. The molecule has 1 aliphatic rings. The molecule has 0 aliphatic carbocycles. The number of ether oxygens (including phenoxy) is 1. The Kier molecular flexibility index (Phi) is 6.05.